The summed E-state index contributed by atoms with van der Waals surface area (Å²) in [6.45, 7) is 7.24. The summed E-state index contributed by atoms with van der Waals surface area (Å²) in [5.41, 5.74) is 2.32. The number of nitrogens with zero attached hydrogens (tertiary/aromatic N) is 1. The van der Waals surface area contributed by atoms with E-state index in [4.69, 9.17) is 0 Å². The van der Waals surface area contributed by atoms with Gasteiger partial charge >= 0.3 is 0 Å². The van der Waals surface area contributed by atoms with Crippen LogP contribution in [0.25, 0.3) is 0 Å². The van der Waals surface area contributed by atoms with Crippen LogP contribution in [-0.2, 0) is 11.3 Å². The monoisotopic (exact) mass is 249 g/mol. The van der Waals surface area contributed by atoms with Crippen molar-refractivity contribution in [2.75, 3.05) is 6.54 Å². The third-order valence-corrected chi connectivity index (χ3v) is 3.10. The van der Waals surface area contributed by atoms with Gasteiger partial charge in [-0.05, 0) is 37.0 Å². The molecule has 100 valence electrons. The highest BCUT2D eigenvalue weighted by Crippen LogP contribution is 2.03. The van der Waals surface area contributed by atoms with Crippen LogP contribution in [0.5, 0.6) is 0 Å². The predicted octanol–water partition coefficient (Wildman–Crippen LogP) is 1.78. The summed E-state index contributed by atoms with van der Waals surface area (Å²) < 4.78 is 0. The molecular formula is C14H23N3O. The van der Waals surface area contributed by atoms with Crippen LogP contribution in [0.2, 0.25) is 0 Å². The van der Waals surface area contributed by atoms with Crippen molar-refractivity contribution >= 4 is 5.91 Å². The number of aryl methyl sites for hydroxylation is 1. The number of carbonyl (C=O) groups is 1. The smallest absolute Gasteiger partial charge is 0.234 e. The highest BCUT2D eigenvalue weighted by molar-refractivity contribution is 5.78. The molecule has 0 spiro atoms. The molecule has 0 fully saturated rings. The van der Waals surface area contributed by atoms with Crippen molar-refractivity contribution in [3.8, 4) is 0 Å². The minimum atomic E-state index is 0.0604. The maximum Gasteiger partial charge on any atom is 0.234 e. The number of amides is 1. The molecule has 4 nitrogen and oxygen atoms in total. The fourth-order valence-electron chi connectivity index (χ4n) is 1.76. The van der Waals surface area contributed by atoms with Crippen molar-refractivity contribution in [3.05, 3.63) is 29.6 Å². The van der Waals surface area contributed by atoms with Crippen LogP contribution < -0.4 is 10.6 Å². The van der Waals surface area contributed by atoms with E-state index in [1.807, 2.05) is 19.2 Å². The van der Waals surface area contributed by atoms with Gasteiger partial charge < -0.3 is 10.6 Å². The molecule has 1 amide bonds. The van der Waals surface area contributed by atoms with Gasteiger partial charge in [0.2, 0.25) is 5.91 Å². The molecule has 18 heavy (non-hydrogen) atoms. The molecule has 1 rings (SSSR count). The first-order valence-corrected chi connectivity index (χ1v) is 6.56. The van der Waals surface area contributed by atoms with Crippen molar-refractivity contribution in [1.29, 1.82) is 0 Å². The van der Waals surface area contributed by atoms with Crippen LogP contribution >= 0.6 is 0 Å². The zero-order chi connectivity index (χ0) is 13.4. The van der Waals surface area contributed by atoms with E-state index < -0.39 is 0 Å². The van der Waals surface area contributed by atoms with E-state index in [0.29, 0.717) is 19.1 Å². The highest BCUT2D eigenvalue weighted by atomic mass is 16.1. The van der Waals surface area contributed by atoms with E-state index in [-0.39, 0.29) is 5.91 Å². The van der Waals surface area contributed by atoms with Gasteiger partial charge in [0.1, 0.15) is 0 Å². The van der Waals surface area contributed by atoms with E-state index in [1.54, 1.807) is 6.20 Å². The minimum Gasteiger partial charge on any atom is -0.352 e. The summed E-state index contributed by atoms with van der Waals surface area (Å²) in [6, 6.07) is 2.26. The summed E-state index contributed by atoms with van der Waals surface area (Å²) in [7, 11) is 0. The summed E-state index contributed by atoms with van der Waals surface area (Å²) in [6.07, 6.45) is 5.56. The van der Waals surface area contributed by atoms with Gasteiger partial charge in [0.05, 0.1) is 6.54 Å². The molecule has 0 radical (unpaired) electrons. The Morgan fingerprint density at radius 2 is 2.11 bits per heavy atom. The average Bonchev–Trinajstić information content (AvgIpc) is 2.38. The van der Waals surface area contributed by atoms with Crippen LogP contribution in [0.1, 0.15) is 37.8 Å². The quantitative estimate of drug-likeness (QED) is 0.774. The predicted molar refractivity (Wildman–Crippen MR) is 73.2 cm³/mol. The fourth-order valence-corrected chi connectivity index (χ4v) is 1.76. The number of pyridine rings is 1. The Bertz CT molecular complexity index is 375. The van der Waals surface area contributed by atoms with Crippen molar-refractivity contribution in [3.63, 3.8) is 0 Å². The van der Waals surface area contributed by atoms with Gasteiger partial charge in [-0.2, -0.15) is 0 Å². The molecule has 0 atom stereocenters. The van der Waals surface area contributed by atoms with Crippen LogP contribution in [0.15, 0.2) is 18.5 Å². The molecular weight excluding hydrogens is 226 g/mol. The molecule has 0 unspecified atom stereocenters. The van der Waals surface area contributed by atoms with E-state index >= 15 is 0 Å². The Morgan fingerprint density at radius 1 is 1.39 bits per heavy atom. The SMILES string of the molecule is CCC(CC)NC(=O)CNCc1cnccc1C. The molecule has 0 saturated carbocycles. The first kappa shape index (κ1) is 14.6. The average molecular weight is 249 g/mol. The van der Waals surface area contributed by atoms with Gasteiger partial charge in [0.25, 0.3) is 0 Å². The first-order chi connectivity index (χ1) is 8.67. The summed E-state index contributed by atoms with van der Waals surface area (Å²) in [4.78, 5) is 15.7. The lowest BCUT2D eigenvalue weighted by atomic mass is 10.1. The molecule has 0 aliphatic rings. The number of nitrogens with one attached hydrogen (secondary N) is 2. The topological polar surface area (TPSA) is 54.0 Å². The normalized spacial score (nSPS) is 10.7. The molecule has 0 bridgehead atoms. The Balaban J connectivity index is 2.29. The Morgan fingerprint density at radius 3 is 2.72 bits per heavy atom. The molecule has 0 aliphatic heterocycles. The molecule has 2 N–H and O–H groups in total. The third kappa shape index (κ3) is 4.84. The Labute approximate surface area is 109 Å². The first-order valence-electron chi connectivity index (χ1n) is 6.56. The molecule has 1 heterocycles. The second-order valence-electron chi connectivity index (χ2n) is 4.49. The number of carbonyl (C=O) groups excluding carboxylic acids is 1. The largest absolute Gasteiger partial charge is 0.352 e. The third-order valence-electron chi connectivity index (χ3n) is 3.10. The Kier molecular flexibility index (Phi) is 6.36. The van der Waals surface area contributed by atoms with Crippen molar-refractivity contribution < 1.29 is 4.79 Å². The van der Waals surface area contributed by atoms with E-state index in [0.717, 1.165) is 18.4 Å². The van der Waals surface area contributed by atoms with Crippen molar-refractivity contribution in [2.24, 2.45) is 0 Å². The van der Waals surface area contributed by atoms with Crippen LogP contribution in [0.4, 0.5) is 0 Å². The number of aromatic nitrogens is 1. The molecule has 1 aromatic heterocycles. The van der Waals surface area contributed by atoms with Crippen LogP contribution in [0.3, 0.4) is 0 Å². The van der Waals surface area contributed by atoms with Crippen LogP contribution in [-0.4, -0.2) is 23.5 Å². The minimum absolute atomic E-state index is 0.0604. The maximum atomic E-state index is 11.7. The Hall–Kier alpha value is -1.42. The van der Waals surface area contributed by atoms with Gasteiger partial charge in [-0.15, -0.1) is 0 Å². The standard InChI is InChI=1S/C14H23N3O/c1-4-13(5-2)17-14(18)10-16-9-12-8-15-7-6-11(12)3/h6-8,13,16H,4-5,9-10H2,1-3H3,(H,17,18). The summed E-state index contributed by atoms with van der Waals surface area (Å²) >= 11 is 0. The molecule has 0 saturated heterocycles. The summed E-state index contributed by atoms with van der Waals surface area (Å²) in [5, 5.41) is 6.14. The molecule has 0 aromatic carbocycles. The van der Waals surface area contributed by atoms with Gasteiger partial charge in [-0.3, -0.25) is 9.78 Å². The van der Waals surface area contributed by atoms with Crippen molar-refractivity contribution in [1.82, 2.24) is 15.6 Å². The maximum absolute atomic E-state index is 11.7. The number of rotatable bonds is 7. The van der Waals surface area contributed by atoms with Crippen LogP contribution in [0, 0.1) is 6.92 Å². The number of hydrogen-bond donors (Lipinski definition) is 2. The molecule has 1 aromatic rings. The van der Waals surface area contributed by atoms with E-state index in [2.05, 4.69) is 29.5 Å². The zero-order valence-corrected chi connectivity index (χ0v) is 11.5. The van der Waals surface area contributed by atoms with Gasteiger partial charge in [0, 0.05) is 25.0 Å². The molecule has 0 aliphatic carbocycles. The summed E-state index contributed by atoms with van der Waals surface area (Å²) in [5.74, 6) is 0.0604. The van der Waals surface area contributed by atoms with E-state index in [1.165, 1.54) is 5.56 Å². The lowest BCUT2D eigenvalue weighted by Crippen LogP contribution is -2.39. The lowest BCUT2D eigenvalue weighted by molar-refractivity contribution is -0.121. The van der Waals surface area contributed by atoms with Gasteiger partial charge in [0.15, 0.2) is 0 Å². The van der Waals surface area contributed by atoms with Crippen molar-refractivity contribution in [2.45, 2.75) is 46.2 Å². The van der Waals surface area contributed by atoms with Gasteiger partial charge in [-0.1, -0.05) is 13.8 Å². The fraction of sp³-hybridized carbons (Fsp3) is 0.571. The van der Waals surface area contributed by atoms with E-state index in [9.17, 15) is 4.79 Å². The van der Waals surface area contributed by atoms with Gasteiger partial charge in [-0.25, -0.2) is 0 Å². The second-order valence-corrected chi connectivity index (χ2v) is 4.49. The zero-order valence-electron chi connectivity index (χ0n) is 11.5. The molecule has 4 heteroatoms. The lowest BCUT2D eigenvalue weighted by Gasteiger charge is -2.15. The second kappa shape index (κ2) is 7.82. The number of hydrogen-bond acceptors (Lipinski definition) is 3. The highest BCUT2D eigenvalue weighted by Gasteiger charge is 2.07.